The van der Waals surface area contributed by atoms with E-state index < -0.39 is 10.0 Å². The number of rotatable bonds is 8. The minimum absolute atomic E-state index is 0.0219. The summed E-state index contributed by atoms with van der Waals surface area (Å²) in [4.78, 5) is 1.31. The van der Waals surface area contributed by atoms with Gasteiger partial charge >= 0.3 is 0 Å². The average Bonchev–Trinajstić information content (AvgIpc) is 2.92. The van der Waals surface area contributed by atoms with Crippen molar-refractivity contribution in [2.75, 3.05) is 0 Å². The molecule has 0 saturated carbocycles. The summed E-state index contributed by atoms with van der Waals surface area (Å²) in [6.07, 6.45) is 0. The lowest BCUT2D eigenvalue weighted by atomic mass is 10.1. The summed E-state index contributed by atoms with van der Waals surface area (Å²) in [7, 11) is -3.26. The van der Waals surface area contributed by atoms with E-state index in [1.54, 1.807) is 11.3 Å². The molecule has 0 unspecified atom stereocenters. The van der Waals surface area contributed by atoms with Gasteiger partial charge in [-0.25, -0.2) is 13.1 Å². The van der Waals surface area contributed by atoms with Crippen molar-refractivity contribution in [1.82, 2.24) is 10.0 Å². The highest BCUT2D eigenvalue weighted by molar-refractivity contribution is 7.88. The molecule has 6 heteroatoms. The third kappa shape index (κ3) is 5.88. The normalized spacial score (nSPS) is 12.0. The molecule has 4 nitrogen and oxygen atoms in total. The van der Waals surface area contributed by atoms with Crippen molar-refractivity contribution >= 4 is 21.4 Å². The molecule has 0 atom stereocenters. The first-order chi connectivity index (χ1) is 10.4. The molecule has 0 radical (unpaired) electrons. The fraction of sp³-hybridized carbons (Fsp3) is 0.375. The first-order valence-electron chi connectivity index (χ1n) is 7.25. The lowest BCUT2D eigenvalue weighted by Gasteiger charge is -2.10. The third-order valence-electron chi connectivity index (χ3n) is 3.00. The number of benzene rings is 1. The summed E-state index contributed by atoms with van der Waals surface area (Å²) in [5.74, 6) is 0.0219. The molecule has 0 fully saturated rings. The van der Waals surface area contributed by atoms with E-state index in [4.69, 9.17) is 0 Å². The Balaban J connectivity index is 1.85. The summed E-state index contributed by atoms with van der Waals surface area (Å²) < 4.78 is 26.3. The molecule has 0 spiro atoms. The maximum atomic E-state index is 11.9. The standard InChI is InChI=1S/C16H22N2O2S2/c1-13(2)18-22(19,20)12-15-7-5-14(6-8-15)10-17-11-16-4-3-9-21-16/h3-9,13,17-18H,10-12H2,1-2H3. The molecule has 1 aromatic heterocycles. The number of thiophene rings is 1. The molecule has 0 aliphatic rings. The number of nitrogens with one attached hydrogen (secondary N) is 2. The molecule has 2 rings (SSSR count). The zero-order valence-electron chi connectivity index (χ0n) is 12.9. The third-order valence-corrected chi connectivity index (χ3v) is 5.42. The van der Waals surface area contributed by atoms with Crippen LogP contribution in [0, 0.1) is 0 Å². The minimum Gasteiger partial charge on any atom is -0.308 e. The molecule has 2 N–H and O–H groups in total. The van der Waals surface area contributed by atoms with Crippen LogP contribution in [-0.2, 0) is 28.9 Å². The molecule has 0 aliphatic heterocycles. The van der Waals surface area contributed by atoms with Crippen LogP contribution in [0.5, 0.6) is 0 Å². The van der Waals surface area contributed by atoms with Crippen LogP contribution < -0.4 is 10.0 Å². The number of hydrogen-bond donors (Lipinski definition) is 2. The van der Waals surface area contributed by atoms with Crippen LogP contribution in [0.2, 0.25) is 0 Å². The first kappa shape index (κ1) is 17.1. The van der Waals surface area contributed by atoms with Gasteiger partial charge in [0.1, 0.15) is 0 Å². The smallest absolute Gasteiger partial charge is 0.216 e. The largest absolute Gasteiger partial charge is 0.308 e. The molecule has 1 aromatic carbocycles. The Hall–Kier alpha value is -1.21. The second-order valence-corrected chi connectivity index (χ2v) is 8.32. The second kappa shape index (κ2) is 7.87. The fourth-order valence-corrected chi connectivity index (χ4v) is 4.22. The maximum Gasteiger partial charge on any atom is 0.216 e. The quantitative estimate of drug-likeness (QED) is 0.778. The average molecular weight is 338 g/mol. The Bertz CT molecular complexity index is 663. The van der Waals surface area contributed by atoms with Gasteiger partial charge in [0.05, 0.1) is 5.75 Å². The molecule has 22 heavy (non-hydrogen) atoms. The van der Waals surface area contributed by atoms with Crippen molar-refractivity contribution < 1.29 is 8.42 Å². The van der Waals surface area contributed by atoms with Crippen LogP contribution in [0.15, 0.2) is 41.8 Å². The van der Waals surface area contributed by atoms with Gasteiger partial charge in [-0.2, -0.15) is 0 Å². The van der Waals surface area contributed by atoms with Gasteiger partial charge in [0.15, 0.2) is 0 Å². The van der Waals surface area contributed by atoms with E-state index in [1.165, 1.54) is 4.88 Å². The van der Waals surface area contributed by atoms with Crippen molar-refractivity contribution in [3.63, 3.8) is 0 Å². The Morgan fingerprint density at radius 1 is 1.05 bits per heavy atom. The van der Waals surface area contributed by atoms with Crippen LogP contribution in [0.4, 0.5) is 0 Å². The van der Waals surface area contributed by atoms with Gasteiger partial charge in [-0.05, 0) is 36.4 Å². The molecule has 0 bridgehead atoms. The Labute approximate surface area is 136 Å². The second-order valence-electron chi connectivity index (χ2n) is 5.53. The molecule has 1 heterocycles. The minimum atomic E-state index is -3.26. The van der Waals surface area contributed by atoms with Gasteiger partial charge in [-0.1, -0.05) is 30.3 Å². The van der Waals surface area contributed by atoms with E-state index in [-0.39, 0.29) is 11.8 Å². The van der Waals surface area contributed by atoms with Gasteiger partial charge in [0, 0.05) is 24.0 Å². The van der Waals surface area contributed by atoms with E-state index in [0.29, 0.717) is 0 Å². The Morgan fingerprint density at radius 2 is 1.73 bits per heavy atom. The van der Waals surface area contributed by atoms with Gasteiger partial charge in [-0.3, -0.25) is 0 Å². The summed E-state index contributed by atoms with van der Waals surface area (Å²) in [5, 5.41) is 5.44. The predicted octanol–water partition coefficient (Wildman–Crippen LogP) is 2.87. The van der Waals surface area contributed by atoms with Gasteiger partial charge in [0.25, 0.3) is 0 Å². The molecule has 120 valence electrons. The zero-order chi connectivity index (χ0) is 16.0. The SMILES string of the molecule is CC(C)NS(=O)(=O)Cc1ccc(CNCc2cccs2)cc1. The summed E-state index contributed by atoms with van der Waals surface area (Å²) in [6.45, 7) is 5.26. The highest BCUT2D eigenvalue weighted by atomic mass is 32.2. The lowest BCUT2D eigenvalue weighted by Crippen LogP contribution is -2.31. The van der Waals surface area contributed by atoms with E-state index in [1.807, 2.05) is 44.2 Å². The molecule has 0 amide bonds. The monoisotopic (exact) mass is 338 g/mol. The van der Waals surface area contributed by atoms with E-state index in [9.17, 15) is 8.42 Å². The fourth-order valence-electron chi connectivity index (χ4n) is 2.12. The lowest BCUT2D eigenvalue weighted by molar-refractivity contribution is 0.569. The predicted molar refractivity (Wildman–Crippen MR) is 92.2 cm³/mol. The van der Waals surface area contributed by atoms with E-state index in [2.05, 4.69) is 21.5 Å². The highest BCUT2D eigenvalue weighted by Crippen LogP contribution is 2.10. The van der Waals surface area contributed by atoms with Crippen LogP contribution in [0.1, 0.15) is 29.9 Å². The van der Waals surface area contributed by atoms with Crippen LogP contribution in [0.3, 0.4) is 0 Å². The van der Waals surface area contributed by atoms with E-state index in [0.717, 1.165) is 24.2 Å². The Morgan fingerprint density at radius 3 is 2.32 bits per heavy atom. The zero-order valence-corrected chi connectivity index (χ0v) is 14.5. The van der Waals surface area contributed by atoms with Crippen molar-refractivity contribution in [1.29, 1.82) is 0 Å². The summed E-state index contributed by atoms with van der Waals surface area (Å²) in [5.41, 5.74) is 1.95. The Kier molecular flexibility index (Phi) is 6.14. The molecule has 2 aromatic rings. The first-order valence-corrected chi connectivity index (χ1v) is 9.79. The molecular weight excluding hydrogens is 316 g/mol. The number of hydrogen-bond acceptors (Lipinski definition) is 4. The van der Waals surface area contributed by atoms with Gasteiger partial charge in [-0.15, -0.1) is 11.3 Å². The van der Waals surface area contributed by atoms with Crippen molar-refractivity contribution in [3.8, 4) is 0 Å². The van der Waals surface area contributed by atoms with Crippen LogP contribution in [-0.4, -0.2) is 14.5 Å². The highest BCUT2D eigenvalue weighted by Gasteiger charge is 2.12. The summed E-state index contributed by atoms with van der Waals surface area (Å²) >= 11 is 1.74. The van der Waals surface area contributed by atoms with Gasteiger partial charge < -0.3 is 5.32 Å². The van der Waals surface area contributed by atoms with Crippen molar-refractivity contribution in [2.24, 2.45) is 0 Å². The van der Waals surface area contributed by atoms with Crippen molar-refractivity contribution in [2.45, 2.75) is 38.7 Å². The van der Waals surface area contributed by atoms with Crippen LogP contribution >= 0.6 is 11.3 Å². The van der Waals surface area contributed by atoms with E-state index >= 15 is 0 Å². The van der Waals surface area contributed by atoms with Gasteiger partial charge in [0.2, 0.25) is 10.0 Å². The maximum absolute atomic E-state index is 11.9. The summed E-state index contributed by atoms with van der Waals surface area (Å²) in [6, 6.07) is 11.8. The molecule has 0 aliphatic carbocycles. The molecular formula is C16H22N2O2S2. The topological polar surface area (TPSA) is 58.2 Å². The molecule has 0 saturated heterocycles. The van der Waals surface area contributed by atoms with Crippen molar-refractivity contribution in [3.05, 3.63) is 57.8 Å². The van der Waals surface area contributed by atoms with Crippen LogP contribution in [0.25, 0.3) is 0 Å². The number of sulfonamides is 1.